The average Bonchev–Trinajstić information content (AvgIpc) is 3.29. The highest BCUT2D eigenvalue weighted by Crippen LogP contribution is 2.22. The number of amides is 1. The number of para-hydroxylation sites is 1. The summed E-state index contributed by atoms with van der Waals surface area (Å²) in [7, 11) is 1.62. The van der Waals surface area contributed by atoms with Crippen LogP contribution >= 0.6 is 0 Å². The van der Waals surface area contributed by atoms with Crippen molar-refractivity contribution < 1.29 is 14.3 Å². The van der Waals surface area contributed by atoms with Crippen molar-refractivity contribution in [1.82, 2.24) is 15.0 Å². The van der Waals surface area contributed by atoms with Gasteiger partial charge >= 0.3 is 0 Å². The number of rotatable bonds is 7. The van der Waals surface area contributed by atoms with E-state index in [9.17, 15) is 9.59 Å². The highest BCUT2D eigenvalue weighted by Gasteiger charge is 2.16. The summed E-state index contributed by atoms with van der Waals surface area (Å²) < 4.78 is 5.18. The van der Waals surface area contributed by atoms with E-state index in [0.717, 1.165) is 22.1 Å². The molecule has 2 aromatic heterocycles. The number of pyridine rings is 1. The molecule has 1 amide bonds. The van der Waals surface area contributed by atoms with Gasteiger partial charge in [0.25, 0.3) is 5.91 Å². The molecular weight excluding hydrogens is 428 g/mol. The Morgan fingerprint density at radius 2 is 1.76 bits per heavy atom. The molecule has 0 unspecified atom stereocenters. The minimum absolute atomic E-state index is 0.0120. The molecule has 0 aliphatic carbocycles. The minimum Gasteiger partial charge on any atom is -0.497 e. The zero-order valence-corrected chi connectivity index (χ0v) is 18.5. The average molecular weight is 450 g/mol. The maximum Gasteiger partial charge on any atom is 0.276 e. The Morgan fingerprint density at radius 1 is 0.971 bits per heavy atom. The fourth-order valence-electron chi connectivity index (χ4n) is 3.88. The summed E-state index contributed by atoms with van der Waals surface area (Å²) in [4.78, 5) is 37.5. The zero-order chi connectivity index (χ0) is 23.5. The number of methoxy groups -OCH3 is 1. The Balaban J connectivity index is 1.33. The summed E-state index contributed by atoms with van der Waals surface area (Å²) in [6.07, 6.45) is 2.63. The number of benzene rings is 3. The van der Waals surface area contributed by atoms with Crippen molar-refractivity contribution in [3.63, 3.8) is 0 Å². The zero-order valence-electron chi connectivity index (χ0n) is 18.5. The molecule has 0 saturated carbocycles. The standard InChI is InChI=1S/C27H22N4O3/c1-34-20-12-9-17(10-13-20)11-14-24(32)21-7-4-8-22-25(21)30-27(29-22)31-26(33)23-15-18-5-2-3-6-19(18)16-28-23/h2-10,12-13,15-16H,11,14H2,1H3,(H2,29,30,31,33). The predicted molar refractivity (Wildman–Crippen MR) is 131 cm³/mol. The molecule has 0 saturated heterocycles. The van der Waals surface area contributed by atoms with Gasteiger partial charge in [-0.2, -0.15) is 0 Å². The summed E-state index contributed by atoms with van der Waals surface area (Å²) in [6.45, 7) is 0. The quantitative estimate of drug-likeness (QED) is 0.333. The van der Waals surface area contributed by atoms with Gasteiger partial charge in [-0.25, -0.2) is 4.98 Å². The largest absolute Gasteiger partial charge is 0.497 e. The number of aromatic amines is 1. The van der Waals surface area contributed by atoms with Gasteiger partial charge in [0.05, 0.1) is 12.6 Å². The molecule has 7 heteroatoms. The van der Waals surface area contributed by atoms with E-state index in [0.29, 0.717) is 29.4 Å². The molecule has 3 aromatic carbocycles. The number of Topliss-reactive ketones (excluding diaryl/α,β-unsaturated/α-hetero) is 1. The number of anilines is 1. The van der Waals surface area contributed by atoms with Crippen molar-refractivity contribution in [2.24, 2.45) is 0 Å². The van der Waals surface area contributed by atoms with E-state index < -0.39 is 0 Å². The number of ketones is 1. The third-order valence-electron chi connectivity index (χ3n) is 5.71. The molecule has 0 bridgehead atoms. The van der Waals surface area contributed by atoms with Crippen LogP contribution in [0.3, 0.4) is 0 Å². The molecule has 0 spiro atoms. The number of hydrogen-bond donors (Lipinski definition) is 2. The van der Waals surface area contributed by atoms with Gasteiger partial charge in [0.1, 0.15) is 17.0 Å². The Morgan fingerprint density at radius 3 is 2.56 bits per heavy atom. The lowest BCUT2D eigenvalue weighted by Gasteiger charge is -2.04. The van der Waals surface area contributed by atoms with E-state index in [1.165, 1.54) is 0 Å². The van der Waals surface area contributed by atoms with Gasteiger partial charge < -0.3 is 9.72 Å². The summed E-state index contributed by atoms with van der Waals surface area (Å²) >= 11 is 0. The van der Waals surface area contributed by atoms with Crippen LogP contribution in [-0.4, -0.2) is 33.8 Å². The van der Waals surface area contributed by atoms with E-state index in [2.05, 4.69) is 20.3 Å². The Labute approximate surface area is 195 Å². The number of aromatic nitrogens is 3. The van der Waals surface area contributed by atoms with Crippen molar-refractivity contribution in [2.75, 3.05) is 12.4 Å². The van der Waals surface area contributed by atoms with E-state index >= 15 is 0 Å². The first-order chi connectivity index (χ1) is 16.6. The number of fused-ring (bicyclic) bond motifs is 2. The summed E-state index contributed by atoms with van der Waals surface area (Å²) in [6, 6.07) is 22.5. The van der Waals surface area contributed by atoms with Crippen LogP contribution in [0.2, 0.25) is 0 Å². The molecule has 7 nitrogen and oxygen atoms in total. The maximum absolute atomic E-state index is 13.0. The van der Waals surface area contributed by atoms with E-state index in [4.69, 9.17) is 4.74 Å². The lowest BCUT2D eigenvalue weighted by atomic mass is 10.0. The minimum atomic E-state index is -0.378. The lowest BCUT2D eigenvalue weighted by molar-refractivity contribution is 0.0982. The lowest BCUT2D eigenvalue weighted by Crippen LogP contribution is -2.14. The smallest absolute Gasteiger partial charge is 0.276 e. The normalized spacial score (nSPS) is 11.0. The highest BCUT2D eigenvalue weighted by molar-refractivity contribution is 6.08. The third-order valence-corrected chi connectivity index (χ3v) is 5.71. The second kappa shape index (κ2) is 9.15. The molecule has 5 rings (SSSR count). The molecule has 5 aromatic rings. The van der Waals surface area contributed by atoms with Crippen LogP contribution in [0.25, 0.3) is 21.8 Å². The van der Waals surface area contributed by atoms with Gasteiger partial charge in [0.15, 0.2) is 5.78 Å². The van der Waals surface area contributed by atoms with Crippen LogP contribution in [0.4, 0.5) is 5.95 Å². The van der Waals surface area contributed by atoms with Crippen molar-refractivity contribution in [3.8, 4) is 5.75 Å². The molecule has 0 aliphatic heterocycles. The van der Waals surface area contributed by atoms with Crippen LogP contribution in [0, 0.1) is 0 Å². The fourth-order valence-corrected chi connectivity index (χ4v) is 3.88. The SMILES string of the molecule is COc1ccc(CCC(=O)c2cccc3[nH]c(NC(=O)c4cc5ccccc5cn4)nc23)cc1. The third kappa shape index (κ3) is 4.36. The summed E-state index contributed by atoms with van der Waals surface area (Å²) in [5.74, 6) is 0.661. The number of nitrogens with zero attached hydrogens (tertiary/aromatic N) is 2. The Bertz CT molecular complexity index is 1510. The molecule has 0 atom stereocenters. The topological polar surface area (TPSA) is 97.0 Å². The second-order valence-electron chi connectivity index (χ2n) is 7.93. The number of nitrogens with one attached hydrogen (secondary N) is 2. The van der Waals surface area contributed by atoms with Crippen molar-refractivity contribution in [1.29, 1.82) is 0 Å². The van der Waals surface area contributed by atoms with Crippen molar-refractivity contribution >= 4 is 39.4 Å². The summed E-state index contributed by atoms with van der Waals surface area (Å²) in [5.41, 5.74) is 3.07. The van der Waals surface area contributed by atoms with Crippen LogP contribution in [0.5, 0.6) is 5.75 Å². The molecule has 2 N–H and O–H groups in total. The first kappa shape index (κ1) is 21.3. The monoisotopic (exact) mass is 450 g/mol. The number of carbonyl (C=O) groups is 2. The fraction of sp³-hybridized carbons (Fsp3) is 0.111. The number of ether oxygens (including phenoxy) is 1. The van der Waals surface area contributed by atoms with Gasteiger partial charge in [0, 0.05) is 23.6 Å². The Kier molecular flexibility index (Phi) is 5.74. The molecule has 34 heavy (non-hydrogen) atoms. The van der Waals surface area contributed by atoms with Gasteiger partial charge in [0.2, 0.25) is 5.95 Å². The first-order valence-corrected chi connectivity index (χ1v) is 10.9. The van der Waals surface area contributed by atoms with Crippen LogP contribution in [0.1, 0.15) is 32.8 Å². The highest BCUT2D eigenvalue weighted by atomic mass is 16.5. The van der Waals surface area contributed by atoms with Gasteiger partial charge in [-0.1, -0.05) is 42.5 Å². The molecule has 0 radical (unpaired) electrons. The molecule has 168 valence electrons. The van der Waals surface area contributed by atoms with Crippen LogP contribution in [0.15, 0.2) is 79.0 Å². The second-order valence-corrected chi connectivity index (χ2v) is 7.93. The van der Waals surface area contributed by atoms with Gasteiger partial charge in [-0.05, 0) is 47.7 Å². The predicted octanol–water partition coefficient (Wildman–Crippen LogP) is 5.19. The van der Waals surface area contributed by atoms with E-state index in [1.807, 2.05) is 54.6 Å². The maximum atomic E-state index is 13.0. The van der Waals surface area contributed by atoms with Crippen molar-refractivity contribution in [3.05, 3.63) is 95.8 Å². The number of carbonyl (C=O) groups excluding carboxylic acids is 2. The van der Waals surface area contributed by atoms with Gasteiger partial charge in [-0.3, -0.25) is 19.9 Å². The summed E-state index contributed by atoms with van der Waals surface area (Å²) in [5, 5.41) is 4.64. The van der Waals surface area contributed by atoms with Crippen LogP contribution in [-0.2, 0) is 6.42 Å². The number of aryl methyl sites for hydroxylation is 1. The van der Waals surface area contributed by atoms with Gasteiger partial charge in [-0.15, -0.1) is 0 Å². The number of H-pyrrole nitrogens is 1. The van der Waals surface area contributed by atoms with Crippen LogP contribution < -0.4 is 10.1 Å². The molecule has 0 aliphatic rings. The number of imidazole rings is 1. The first-order valence-electron chi connectivity index (χ1n) is 10.9. The van der Waals surface area contributed by atoms with Crippen molar-refractivity contribution in [2.45, 2.75) is 12.8 Å². The molecular formula is C27H22N4O3. The molecule has 2 heterocycles. The van der Waals surface area contributed by atoms with E-state index in [1.54, 1.807) is 31.5 Å². The Hall–Kier alpha value is -4.52. The molecule has 0 fully saturated rings. The van der Waals surface area contributed by atoms with E-state index in [-0.39, 0.29) is 23.3 Å². The number of hydrogen-bond acceptors (Lipinski definition) is 5.